The maximum absolute atomic E-state index is 5.74. The Labute approximate surface area is 98.0 Å². The van der Waals surface area contributed by atoms with Gasteiger partial charge in [-0.2, -0.15) is 11.8 Å². The van der Waals surface area contributed by atoms with Crippen molar-refractivity contribution in [2.24, 2.45) is 11.7 Å². The molecule has 0 spiro atoms. The predicted molar refractivity (Wildman–Crippen MR) is 68.3 cm³/mol. The molecule has 0 aromatic rings. The highest BCUT2D eigenvalue weighted by Gasteiger charge is 2.30. The first-order chi connectivity index (χ1) is 7.33. The second kappa shape index (κ2) is 5.55. The predicted octanol–water partition coefficient (Wildman–Crippen LogP) is 1.94. The third-order valence-electron chi connectivity index (χ3n) is 4.14. The smallest absolute Gasteiger partial charge is 0.00961 e. The Morgan fingerprint density at radius 1 is 1.20 bits per heavy atom. The van der Waals surface area contributed by atoms with E-state index in [1.165, 1.54) is 45.2 Å². The van der Waals surface area contributed by atoms with Gasteiger partial charge in [0, 0.05) is 17.8 Å². The Morgan fingerprint density at radius 3 is 2.47 bits per heavy atom. The summed E-state index contributed by atoms with van der Waals surface area (Å²) >= 11 is 2.06. The van der Waals surface area contributed by atoms with Crippen molar-refractivity contribution in [3.63, 3.8) is 0 Å². The first-order valence-corrected chi connectivity index (χ1v) is 7.59. The molecule has 1 heterocycles. The number of nitrogens with two attached hydrogens (primary N) is 1. The Balaban J connectivity index is 1.76. The van der Waals surface area contributed by atoms with Crippen molar-refractivity contribution >= 4 is 11.8 Å². The Bertz CT molecular complexity index is 190. The molecule has 2 rings (SSSR count). The number of hydrogen-bond acceptors (Lipinski definition) is 3. The minimum absolute atomic E-state index is 0.781. The highest BCUT2D eigenvalue weighted by Crippen LogP contribution is 2.31. The molecule has 1 saturated heterocycles. The molecule has 0 radical (unpaired) electrons. The molecule has 2 N–H and O–H groups in total. The van der Waals surface area contributed by atoms with Crippen molar-refractivity contribution in [1.29, 1.82) is 0 Å². The second-order valence-corrected chi connectivity index (χ2v) is 6.19. The van der Waals surface area contributed by atoms with Crippen LogP contribution in [0.1, 0.15) is 32.1 Å². The van der Waals surface area contributed by atoms with E-state index in [1.807, 2.05) is 0 Å². The average molecular weight is 228 g/mol. The van der Waals surface area contributed by atoms with E-state index in [0.29, 0.717) is 0 Å². The molecule has 1 saturated carbocycles. The van der Waals surface area contributed by atoms with E-state index in [4.69, 9.17) is 5.73 Å². The molecule has 15 heavy (non-hydrogen) atoms. The molecule has 1 unspecified atom stereocenters. The summed E-state index contributed by atoms with van der Waals surface area (Å²) in [6, 6.07) is 0.880. The zero-order chi connectivity index (χ0) is 10.7. The normalized spacial score (nSPS) is 38.4. The lowest BCUT2D eigenvalue weighted by molar-refractivity contribution is 0.188. The number of rotatable bonds is 3. The summed E-state index contributed by atoms with van der Waals surface area (Å²) in [6.45, 7) is 3.46. The summed E-state index contributed by atoms with van der Waals surface area (Å²) in [5.74, 6) is 0.781. The molecule has 1 atom stereocenters. The van der Waals surface area contributed by atoms with Gasteiger partial charge in [-0.1, -0.05) is 0 Å². The number of nitrogens with zero attached hydrogens (tertiary/aromatic N) is 1. The SMILES string of the molecule is CSC1CCC(N2CCC(CN)C2)CC1. The zero-order valence-corrected chi connectivity index (χ0v) is 10.6. The molecule has 0 amide bonds. The van der Waals surface area contributed by atoms with Crippen LogP contribution in [0.3, 0.4) is 0 Å². The second-order valence-electron chi connectivity index (χ2n) is 5.05. The standard InChI is InChI=1S/C12H24N2S/c1-15-12-4-2-11(3-5-12)14-7-6-10(8-13)9-14/h10-12H,2-9,13H2,1H3. The third kappa shape index (κ3) is 2.89. The first kappa shape index (κ1) is 11.7. The van der Waals surface area contributed by atoms with Crippen molar-refractivity contribution in [2.75, 3.05) is 25.9 Å². The number of thioether (sulfide) groups is 1. The molecule has 3 heteroatoms. The molecule has 2 fully saturated rings. The Hall–Kier alpha value is 0.270. The van der Waals surface area contributed by atoms with E-state index in [9.17, 15) is 0 Å². The van der Waals surface area contributed by atoms with E-state index in [1.54, 1.807) is 0 Å². The van der Waals surface area contributed by atoms with Gasteiger partial charge in [-0.3, -0.25) is 0 Å². The maximum Gasteiger partial charge on any atom is 0.00961 e. The largest absolute Gasteiger partial charge is 0.330 e. The van der Waals surface area contributed by atoms with Crippen LogP contribution in [-0.2, 0) is 0 Å². The topological polar surface area (TPSA) is 29.3 Å². The fourth-order valence-electron chi connectivity index (χ4n) is 3.03. The average Bonchev–Trinajstić information content (AvgIpc) is 2.78. The summed E-state index contributed by atoms with van der Waals surface area (Å²) in [5.41, 5.74) is 5.74. The number of hydrogen-bond donors (Lipinski definition) is 1. The molecule has 2 nitrogen and oxygen atoms in total. The van der Waals surface area contributed by atoms with Gasteiger partial charge < -0.3 is 10.6 Å². The molecule has 0 aromatic carbocycles. The highest BCUT2D eigenvalue weighted by atomic mass is 32.2. The van der Waals surface area contributed by atoms with E-state index in [0.717, 1.165) is 23.8 Å². The van der Waals surface area contributed by atoms with Gasteiger partial charge in [0.05, 0.1) is 0 Å². The maximum atomic E-state index is 5.74. The zero-order valence-electron chi connectivity index (χ0n) is 9.82. The van der Waals surface area contributed by atoms with E-state index >= 15 is 0 Å². The van der Waals surface area contributed by atoms with Crippen LogP contribution in [0.2, 0.25) is 0 Å². The fraction of sp³-hybridized carbons (Fsp3) is 1.00. The van der Waals surface area contributed by atoms with Gasteiger partial charge in [0.1, 0.15) is 0 Å². The minimum Gasteiger partial charge on any atom is -0.330 e. The van der Waals surface area contributed by atoms with Crippen LogP contribution in [0.15, 0.2) is 0 Å². The lowest BCUT2D eigenvalue weighted by Gasteiger charge is -2.34. The monoisotopic (exact) mass is 228 g/mol. The number of likely N-dealkylation sites (tertiary alicyclic amines) is 1. The van der Waals surface area contributed by atoms with Crippen LogP contribution < -0.4 is 5.73 Å². The Morgan fingerprint density at radius 2 is 1.93 bits per heavy atom. The molecule has 1 aliphatic heterocycles. The van der Waals surface area contributed by atoms with E-state index in [2.05, 4.69) is 22.9 Å². The van der Waals surface area contributed by atoms with Crippen molar-refractivity contribution in [3.8, 4) is 0 Å². The van der Waals surface area contributed by atoms with Crippen LogP contribution >= 0.6 is 11.8 Å². The van der Waals surface area contributed by atoms with Gasteiger partial charge in [0.15, 0.2) is 0 Å². The Kier molecular flexibility index (Phi) is 4.35. The van der Waals surface area contributed by atoms with Crippen LogP contribution in [0.4, 0.5) is 0 Å². The van der Waals surface area contributed by atoms with Crippen molar-refractivity contribution in [1.82, 2.24) is 4.90 Å². The van der Waals surface area contributed by atoms with Crippen LogP contribution in [-0.4, -0.2) is 42.1 Å². The van der Waals surface area contributed by atoms with Gasteiger partial charge in [-0.15, -0.1) is 0 Å². The van der Waals surface area contributed by atoms with E-state index < -0.39 is 0 Å². The van der Waals surface area contributed by atoms with Gasteiger partial charge in [-0.25, -0.2) is 0 Å². The van der Waals surface area contributed by atoms with E-state index in [-0.39, 0.29) is 0 Å². The third-order valence-corrected chi connectivity index (χ3v) is 5.28. The van der Waals surface area contributed by atoms with Crippen molar-refractivity contribution in [2.45, 2.75) is 43.4 Å². The molecule has 0 aromatic heterocycles. The molecular weight excluding hydrogens is 204 g/mol. The molecule has 0 bridgehead atoms. The molecular formula is C12H24N2S. The van der Waals surface area contributed by atoms with Gasteiger partial charge in [0.25, 0.3) is 0 Å². The summed E-state index contributed by atoms with van der Waals surface area (Å²) in [7, 11) is 0. The van der Waals surface area contributed by atoms with Gasteiger partial charge in [0.2, 0.25) is 0 Å². The van der Waals surface area contributed by atoms with Crippen LogP contribution in [0, 0.1) is 5.92 Å². The summed E-state index contributed by atoms with van der Waals surface area (Å²) in [6.07, 6.45) is 9.28. The molecule has 88 valence electrons. The highest BCUT2D eigenvalue weighted by molar-refractivity contribution is 7.99. The van der Waals surface area contributed by atoms with Crippen molar-refractivity contribution < 1.29 is 0 Å². The fourth-order valence-corrected chi connectivity index (χ4v) is 3.78. The molecule has 2 aliphatic rings. The van der Waals surface area contributed by atoms with Gasteiger partial charge >= 0.3 is 0 Å². The minimum atomic E-state index is 0.781. The van der Waals surface area contributed by atoms with Crippen LogP contribution in [0.25, 0.3) is 0 Å². The quantitative estimate of drug-likeness (QED) is 0.800. The van der Waals surface area contributed by atoms with Crippen LogP contribution in [0.5, 0.6) is 0 Å². The van der Waals surface area contributed by atoms with Crippen molar-refractivity contribution in [3.05, 3.63) is 0 Å². The lowest BCUT2D eigenvalue weighted by Crippen LogP contribution is -2.37. The molecule has 1 aliphatic carbocycles. The summed E-state index contributed by atoms with van der Waals surface area (Å²) < 4.78 is 0. The summed E-state index contributed by atoms with van der Waals surface area (Å²) in [4.78, 5) is 2.70. The summed E-state index contributed by atoms with van der Waals surface area (Å²) in [5, 5.41) is 0.939. The lowest BCUT2D eigenvalue weighted by atomic mass is 9.94. The first-order valence-electron chi connectivity index (χ1n) is 6.30. The van der Waals surface area contributed by atoms with Gasteiger partial charge in [-0.05, 0) is 57.4 Å².